The van der Waals surface area contributed by atoms with Crippen LogP contribution in [-0.4, -0.2) is 37.9 Å². The molecule has 1 N–H and O–H groups in total. The van der Waals surface area contributed by atoms with Crippen molar-refractivity contribution >= 4 is 37.8 Å². The van der Waals surface area contributed by atoms with Crippen LogP contribution < -0.4 is 5.32 Å². The molecule has 3 rings (SSSR count). The Labute approximate surface area is 185 Å². The molecule has 0 bridgehead atoms. The largest absolute Gasteiger partial charge is 0.298 e. The predicted molar refractivity (Wildman–Crippen MR) is 119 cm³/mol. The Morgan fingerprint density at radius 2 is 1.74 bits per heavy atom. The lowest BCUT2D eigenvalue weighted by Crippen LogP contribution is -2.16. The lowest BCUT2D eigenvalue weighted by molar-refractivity contribution is -0.111. The van der Waals surface area contributed by atoms with Gasteiger partial charge in [0.15, 0.2) is 15.0 Å². The summed E-state index contributed by atoms with van der Waals surface area (Å²) in [6, 6.07) is 5.88. The number of benzene rings is 1. The first kappa shape index (κ1) is 23.5. The number of aromatic nitrogens is 1. The maximum Gasteiger partial charge on any atom is 0.257 e. The van der Waals surface area contributed by atoms with Crippen molar-refractivity contribution in [1.82, 2.24) is 4.98 Å². The van der Waals surface area contributed by atoms with Crippen molar-refractivity contribution < 1.29 is 22.0 Å². The van der Waals surface area contributed by atoms with Gasteiger partial charge in [0.05, 0.1) is 10.6 Å². The number of amides is 1. The van der Waals surface area contributed by atoms with E-state index in [1.54, 1.807) is 6.08 Å². The number of nitrogens with one attached hydrogen (secondary N) is 1. The Morgan fingerprint density at radius 3 is 2.23 bits per heavy atom. The summed E-state index contributed by atoms with van der Waals surface area (Å²) in [4.78, 5) is 17.7. The van der Waals surface area contributed by atoms with Crippen LogP contribution in [0.3, 0.4) is 0 Å². The van der Waals surface area contributed by atoms with E-state index < -0.39 is 34.0 Å². The van der Waals surface area contributed by atoms with Crippen LogP contribution >= 0.6 is 11.3 Å². The van der Waals surface area contributed by atoms with Crippen LogP contribution in [-0.2, 0) is 20.0 Å². The Hall–Kier alpha value is -2.13. The zero-order valence-electron chi connectivity index (χ0n) is 17.9. The van der Waals surface area contributed by atoms with Crippen LogP contribution in [0.5, 0.6) is 0 Å². The van der Waals surface area contributed by atoms with E-state index in [1.165, 1.54) is 35.6 Å². The van der Waals surface area contributed by atoms with Crippen molar-refractivity contribution in [2.45, 2.75) is 56.3 Å². The Bertz CT molecular complexity index is 1080. The number of anilines is 1. The number of alkyl halides is 2. The van der Waals surface area contributed by atoms with E-state index in [1.807, 2.05) is 26.2 Å². The highest BCUT2D eigenvalue weighted by Crippen LogP contribution is 2.34. The van der Waals surface area contributed by atoms with Gasteiger partial charge in [0.2, 0.25) is 0 Å². The number of thiazole rings is 1. The molecule has 168 valence electrons. The summed E-state index contributed by atoms with van der Waals surface area (Å²) in [5.74, 6) is -0.888. The van der Waals surface area contributed by atoms with Gasteiger partial charge in [-0.25, -0.2) is 22.2 Å². The molecule has 1 amide bonds. The molecule has 2 unspecified atom stereocenters. The molecule has 2 aromatic rings. The Morgan fingerprint density at radius 1 is 1.16 bits per heavy atom. The fraction of sp³-hybridized carbons (Fsp3) is 0.455. The fourth-order valence-corrected chi connectivity index (χ4v) is 4.93. The zero-order valence-corrected chi connectivity index (χ0v) is 19.5. The zero-order chi connectivity index (χ0) is 23.0. The van der Waals surface area contributed by atoms with E-state index in [9.17, 15) is 22.0 Å². The molecule has 1 heterocycles. The molecular weight excluding hydrogens is 442 g/mol. The molecule has 0 spiro atoms. The molecule has 1 aromatic heterocycles. The van der Waals surface area contributed by atoms with Gasteiger partial charge in [0, 0.05) is 22.6 Å². The SMILES string of the molecule is CC(C)(C)c1csc(NC(=O)/C(=C/C2CC(F)C(F)C2)c2ccc(S(C)(=O)=O)cc2)n1. The average Bonchev–Trinajstić information content (AvgIpc) is 3.25. The number of nitrogens with zero attached hydrogens (tertiary/aromatic N) is 1. The summed E-state index contributed by atoms with van der Waals surface area (Å²) in [6.45, 7) is 6.05. The van der Waals surface area contributed by atoms with Crippen LogP contribution in [0.15, 0.2) is 40.6 Å². The van der Waals surface area contributed by atoms with Crippen molar-refractivity contribution in [2.24, 2.45) is 5.92 Å². The van der Waals surface area contributed by atoms with Gasteiger partial charge in [0.1, 0.15) is 12.3 Å². The van der Waals surface area contributed by atoms with E-state index in [4.69, 9.17) is 0 Å². The number of hydrogen-bond donors (Lipinski definition) is 1. The molecule has 0 radical (unpaired) electrons. The fourth-order valence-electron chi connectivity index (χ4n) is 3.37. The molecule has 1 aliphatic rings. The second-order valence-corrected chi connectivity index (χ2v) is 11.8. The number of rotatable bonds is 5. The first-order valence-electron chi connectivity index (χ1n) is 9.92. The quantitative estimate of drug-likeness (QED) is 0.630. The highest BCUT2D eigenvalue weighted by atomic mass is 32.2. The first-order chi connectivity index (χ1) is 14.3. The monoisotopic (exact) mass is 468 g/mol. The first-order valence-corrected chi connectivity index (χ1v) is 12.7. The van der Waals surface area contributed by atoms with Crippen molar-refractivity contribution in [3.63, 3.8) is 0 Å². The summed E-state index contributed by atoms with van der Waals surface area (Å²) in [5.41, 5.74) is 1.37. The summed E-state index contributed by atoms with van der Waals surface area (Å²) in [5, 5.41) is 5.06. The minimum atomic E-state index is -3.39. The molecule has 1 aliphatic carbocycles. The number of hydrogen-bond acceptors (Lipinski definition) is 5. The van der Waals surface area contributed by atoms with Gasteiger partial charge in [-0.05, 0) is 36.5 Å². The van der Waals surface area contributed by atoms with Gasteiger partial charge in [-0.2, -0.15) is 0 Å². The molecule has 1 saturated carbocycles. The third-order valence-corrected chi connectivity index (χ3v) is 7.07. The van der Waals surface area contributed by atoms with Gasteiger partial charge in [0.25, 0.3) is 5.91 Å². The number of halogens is 2. The van der Waals surface area contributed by atoms with Gasteiger partial charge in [-0.15, -0.1) is 11.3 Å². The molecule has 5 nitrogen and oxygen atoms in total. The normalized spacial score (nSPS) is 22.5. The van der Waals surface area contributed by atoms with E-state index >= 15 is 0 Å². The molecule has 9 heteroatoms. The van der Waals surface area contributed by atoms with Crippen molar-refractivity contribution in [1.29, 1.82) is 0 Å². The highest BCUT2D eigenvalue weighted by molar-refractivity contribution is 7.90. The van der Waals surface area contributed by atoms with Crippen LogP contribution in [0.2, 0.25) is 0 Å². The minimum absolute atomic E-state index is 0.00476. The maximum absolute atomic E-state index is 13.7. The summed E-state index contributed by atoms with van der Waals surface area (Å²) >= 11 is 1.30. The van der Waals surface area contributed by atoms with Crippen LogP contribution in [0, 0.1) is 5.92 Å². The highest BCUT2D eigenvalue weighted by Gasteiger charge is 2.34. The lowest BCUT2D eigenvalue weighted by atomic mass is 9.93. The molecule has 0 saturated heterocycles. The Kier molecular flexibility index (Phi) is 6.67. The molecule has 1 aromatic carbocycles. The number of sulfone groups is 1. The van der Waals surface area contributed by atoms with Crippen molar-refractivity contribution in [2.75, 3.05) is 11.6 Å². The van der Waals surface area contributed by atoms with Gasteiger partial charge in [-0.3, -0.25) is 10.1 Å². The third-order valence-electron chi connectivity index (χ3n) is 5.18. The second kappa shape index (κ2) is 8.78. The van der Waals surface area contributed by atoms with E-state index in [-0.39, 0.29) is 28.7 Å². The maximum atomic E-state index is 13.7. The summed E-state index contributed by atoms with van der Waals surface area (Å²) in [7, 11) is -3.39. The molecule has 31 heavy (non-hydrogen) atoms. The minimum Gasteiger partial charge on any atom is -0.298 e. The number of carbonyl (C=O) groups is 1. The molecule has 1 fully saturated rings. The van der Waals surface area contributed by atoms with Crippen molar-refractivity contribution in [3.8, 4) is 0 Å². The molecule has 0 aliphatic heterocycles. The van der Waals surface area contributed by atoms with Gasteiger partial charge < -0.3 is 0 Å². The van der Waals surface area contributed by atoms with Gasteiger partial charge in [-0.1, -0.05) is 39.0 Å². The Balaban J connectivity index is 1.92. The van der Waals surface area contributed by atoms with Gasteiger partial charge >= 0.3 is 0 Å². The number of carbonyl (C=O) groups excluding carboxylic acids is 1. The molecular formula is C22H26F2N2O3S2. The van der Waals surface area contributed by atoms with Crippen molar-refractivity contribution in [3.05, 3.63) is 47.0 Å². The standard InChI is InChI=1S/C22H26F2N2O3S2/c1-22(2,3)19-12-30-21(25-19)26-20(27)16(9-13-10-17(23)18(24)11-13)14-5-7-15(8-6-14)31(4,28)29/h5-9,12-13,17-18H,10-11H2,1-4H3,(H,25,26,27)/b16-9+. The predicted octanol–water partition coefficient (Wildman–Crippen LogP) is 4.95. The van der Waals surface area contributed by atoms with Crippen LogP contribution in [0.25, 0.3) is 5.57 Å². The third kappa shape index (κ3) is 5.77. The second-order valence-electron chi connectivity index (χ2n) is 8.88. The van der Waals surface area contributed by atoms with Crippen LogP contribution in [0.4, 0.5) is 13.9 Å². The lowest BCUT2D eigenvalue weighted by Gasteiger charge is -2.14. The van der Waals surface area contributed by atoms with E-state index in [0.29, 0.717) is 10.7 Å². The smallest absolute Gasteiger partial charge is 0.257 e. The number of allylic oxidation sites excluding steroid dienone is 1. The summed E-state index contributed by atoms with van der Waals surface area (Å²) in [6.07, 6.45) is -0.412. The van der Waals surface area contributed by atoms with E-state index in [0.717, 1.165) is 11.9 Å². The molecule has 2 atom stereocenters. The van der Waals surface area contributed by atoms with Crippen LogP contribution in [0.1, 0.15) is 44.9 Å². The summed E-state index contributed by atoms with van der Waals surface area (Å²) < 4.78 is 50.9. The van der Waals surface area contributed by atoms with E-state index in [2.05, 4.69) is 10.3 Å². The topological polar surface area (TPSA) is 76.1 Å². The average molecular weight is 469 g/mol.